The highest BCUT2D eigenvalue weighted by Crippen LogP contribution is 2.60. The van der Waals surface area contributed by atoms with Crippen LogP contribution in [0.1, 0.15) is 185 Å². The largest absolute Gasteiger partial charge is 0.391 e. The predicted molar refractivity (Wildman–Crippen MR) is 369 cm³/mol. The van der Waals surface area contributed by atoms with E-state index >= 15 is 0 Å². The van der Waals surface area contributed by atoms with Crippen molar-refractivity contribution in [2.45, 2.75) is 188 Å². The van der Waals surface area contributed by atoms with Gasteiger partial charge in [-0.2, -0.15) is 5.10 Å². The number of hydrogen-bond donors (Lipinski definition) is 5. The predicted octanol–water partition coefficient (Wildman–Crippen LogP) is 12.3. The Labute approximate surface area is 559 Å². The van der Waals surface area contributed by atoms with Crippen molar-refractivity contribution >= 4 is 83.4 Å². The summed E-state index contributed by atoms with van der Waals surface area (Å²) in [5.41, 5.74) is 9.63. The molecule has 4 saturated carbocycles. The highest BCUT2D eigenvalue weighted by Gasteiger charge is 2.51. The lowest BCUT2D eigenvalue weighted by molar-refractivity contribution is -0.144. The van der Waals surface area contributed by atoms with Crippen molar-refractivity contribution < 1.29 is 37.5 Å². The number of aryl methyl sites for hydroxylation is 1. The zero-order valence-electron chi connectivity index (χ0n) is 54.9. The topological polar surface area (TPSA) is 251 Å². The molecule has 0 radical (unpaired) electrons. The fourth-order valence-electron chi connectivity index (χ4n) is 15.9. The molecule has 498 valence electrons. The number of carbonyl (C=O) groups is 5. The van der Waals surface area contributed by atoms with Crippen LogP contribution in [-0.4, -0.2) is 110 Å². The molecule has 5 N–H and O–H groups in total. The number of thiazole rings is 2. The van der Waals surface area contributed by atoms with E-state index in [1.165, 1.54) is 54.8 Å². The van der Waals surface area contributed by atoms with Crippen molar-refractivity contribution in [2.75, 3.05) is 29.1 Å². The van der Waals surface area contributed by atoms with Crippen LogP contribution in [0.15, 0.2) is 90.6 Å². The van der Waals surface area contributed by atoms with Gasteiger partial charge < -0.3 is 25.5 Å². The van der Waals surface area contributed by atoms with Crippen LogP contribution >= 0.6 is 22.7 Å². The Morgan fingerprint density at radius 1 is 0.787 bits per heavy atom. The number of pyridine rings is 1. The molecule has 5 amide bonds. The van der Waals surface area contributed by atoms with E-state index in [0.29, 0.717) is 60.8 Å². The van der Waals surface area contributed by atoms with Gasteiger partial charge in [-0.3, -0.25) is 34.0 Å². The number of sulfonamides is 1. The Morgan fingerprint density at radius 3 is 2.18 bits per heavy atom. The van der Waals surface area contributed by atoms with Gasteiger partial charge in [-0.15, -0.1) is 11.3 Å². The van der Waals surface area contributed by atoms with E-state index in [1.807, 2.05) is 131 Å². The number of aliphatic hydroxyl groups is 1. The van der Waals surface area contributed by atoms with Crippen molar-refractivity contribution in [3.8, 4) is 21.6 Å². The van der Waals surface area contributed by atoms with Crippen molar-refractivity contribution in [1.82, 2.24) is 45.0 Å². The van der Waals surface area contributed by atoms with E-state index in [4.69, 9.17) is 10.1 Å². The maximum absolute atomic E-state index is 14.6. The van der Waals surface area contributed by atoms with Crippen LogP contribution < -0.4 is 25.6 Å². The molecule has 1 unspecified atom stereocenters. The molecule has 19 nitrogen and oxygen atoms in total. The number of unbranched alkanes of at least 4 members (excludes halogenated alkanes) is 7. The summed E-state index contributed by atoms with van der Waals surface area (Å²) in [5, 5.41) is 25.3. The number of para-hydroxylation sites is 1. The van der Waals surface area contributed by atoms with Gasteiger partial charge in [0.25, 0.3) is 11.8 Å². The van der Waals surface area contributed by atoms with Crippen molar-refractivity contribution in [3.63, 3.8) is 0 Å². The van der Waals surface area contributed by atoms with E-state index in [-0.39, 0.29) is 60.0 Å². The van der Waals surface area contributed by atoms with Gasteiger partial charge >= 0.3 is 0 Å². The summed E-state index contributed by atoms with van der Waals surface area (Å²) in [6.07, 6.45) is 15.4. The van der Waals surface area contributed by atoms with Gasteiger partial charge in [-0.05, 0) is 160 Å². The van der Waals surface area contributed by atoms with E-state index in [0.717, 1.165) is 111 Å². The van der Waals surface area contributed by atoms with E-state index in [2.05, 4.69) is 35.3 Å². The molecule has 7 aromatic rings. The third-order valence-corrected chi connectivity index (χ3v) is 23.6. The molecule has 4 atom stereocenters. The SMILES string of the molecule is Cc1ncsc1-c1ccc([C@H](C)NC(=O)[C@@H]2C[C@@H](O)CN2C(=O)C(NC(=O)CCCCCCCCCCS(=O)(=O)NC(=O)c2nc(N3CCc4cccc(C(=O)Nc5nc6ccccc6s5)c4C3)ccc2-c2cnn(CC34CC5CC(CC(C5)C3)C4)c2C)C(C)(C)C)cc1. The molecule has 22 heteroatoms. The Balaban J connectivity index is 0.623. The number of nitrogens with one attached hydrogen (secondary N) is 4. The lowest BCUT2D eigenvalue weighted by Gasteiger charge is -2.56. The number of hydrogen-bond acceptors (Lipinski definition) is 15. The van der Waals surface area contributed by atoms with Gasteiger partial charge in [-0.25, -0.2) is 28.1 Å². The number of rotatable bonds is 25. The second-order valence-electron chi connectivity index (χ2n) is 28.6. The first-order valence-electron chi connectivity index (χ1n) is 33.8. The van der Waals surface area contributed by atoms with Crippen molar-refractivity contribution in [2.24, 2.45) is 28.6 Å². The maximum atomic E-state index is 14.6. The number of fused-ring (bicyclic) bond motifs is 2. The number of β-amino-alcohol motifs (C(OH)–C–C–N with tert-alkyl or cyclic N) is 1. The molecule has 1 saturated heterocycles. The smallest absolute Gasteiger partial charge is 0.284 e. The molecule has 3 aromatic carbocycles. The van der Waals surface area contributed by atoms with Crippen LogP contribution in [0.2, 0.25) is 0 Å². The highest BCUT2D eigenvalue weighted by atomic mass is 32.2. The molecule has 5 fully saturated rings. The fourth-order valence-corrected chi connectivity index (χ4v) is 18.6. The molecule has 4 bridgehead atoms. The molecular weight excluding hydrogens is 1240 g/mol. The maximum Gasteiger partial charge on any atom is 0.284 e. The third kappa shape index (κ3) is 15.1. The van der Waals surface area contributed by atoms with Crippen LogP contribution in [0.5, 0.6) is 0 Å². The first kappa shape index (κ1) is 66.6. The number of benzene rings is 3. The summed E-state index contributed by atoms with van der Waals surface area (Å²) < 4.78 is 33.2. The summed E-state index contributed by atoms with van der Waals surface area (Å²) >= 11 is 2.99. The molecule has 6 aliphatic rings. The van der Waals surface area contributed by atoms with Crippen LogP contribution in [0.4, 0.5) is 10.9 Å². The molecule has 2 aliphatic heterocycles. The fraction of sp³-hybridized carbons (Fsp3) is 0.514. The monoisotopic (exact) mass is 1330 g/mol. The summed E-state index contributed by atoms with van der Waals surface area (Å²) in [6, 6.07) is 23.0. The lowest BCUT2D eigenvalue weighted by atomic mass is 9.49. The van der Waals surface area contributed by atoms with Crippen LogP contribution in [0, 0.1) is 42.4 Å². The zero-order chi connectivity index (χ0) is 66.1. The Morgan fingerprint density at radius 2 is 1.49 bits per heavy atom. The number of anilines is 2. The molecular formula is C72H89N11O8S3. The minimum absolute atomic E-state index is 0.00378. The minimum atomic E-state index is -4.08. The quantitative estimate of drug-likeness (QED) is 0.0334. The average Bonchev–Trinajstić information content (AvgIpc) is 1.40. The molecule has 6 heterocycles. The Hall–Kier alpha value is -7.40. The van der Waals surface area contributed by atoms with Gasteiger partial charge in [0.05, 0.1) is 50.4 Å². The molecule has 13 rings (SSSR count). The number of aliphatic hydroxyl groups excluding tert-OH is 1. The molecule has 4 aromatic heterocycles. The van der Waals surface area contributed by atoms with E-state index < -0.39 is 45.4 Å². The first-order chi connectivity index (χ1) is 45.1. The zero-order valence-corrected chi connectivity index (χ0v) is 57.4. The average molecular weight is 1330 g/mol. The van der Waals surface area contributed by atoms with Gasteiger partial charge in [-0.1, -0.05) is 119 Å². The number of carbonyl (C=O) groups excluding carboxylic acids is 5. The van der Waals surface area contributed by atoms with Gasteiger partial charge in [0, 0.05) is 61.4 Å². The number of nitrogens with zero attached hydrogens (tertiary/aromatic N) is 7. The Kier molecular flexibility index (Phi) is 19.9. The standard InChI is InChI=1S/C72H89N11O8S3/c1-44(50-23-25-52(26-24-50)64-45(2)73-43-92-64)75-67(87)59-35-53(84)40-82(59)69(89)65(71(4,5)6)78-62(85)22-13-11-9-7-8-10-12-16-31-94(90,91)80-68(88)63-54(56-39-74-83(46(56)3)42-72-36-47-32-48(37-72)34-49(33-47)38-72)27-28-61(77-63)81-30-29-51-18-17-19-55(57(51)41-81)66(86)79-70-76-58-20-14-15-21-60(58)93-70/h14-15,17-21,23-28,39,43-44,47-49,53,59,65,84H,7-13,16,22,29-38,40-42H2,1-6H3,(H,75,87)(H,78,85)(H,80,88)(H,76,79,86)/t44-,47?,48?,49?,53+,59-,65?,72?/m0/s1. The lowest BCUT2D eigenvalue weighted by Crippen LogP contribution is -2.57. The third-order valence-electron chi connectivity index (χ3n) is 20.4. The number of likely N-dealkylation sites (tertiary alicyclic amines) is 1. The molecule has 0 spiro atoms. The Bertz CT molecular complexity index is 3990. The van der Waals surface area contributed by atoms with E-state index in [1.54, 1.807) is 17.5 Å². The second-order valence-corrected chi connectivity index (χ2v) is 32.3. The number of aromatic nitrogens is 5. The first-order valence-corrected chi connectivity index (χ1v) is 37.1. The van der Waals surface area contributed by atoms with Crippen molar-refractivity contribution in [3.05, 3.63) is 130 Å². The summed E-state index contributed by atoms with van der Waals surface area (Å²) in [7, 11) is -4.08. The molecule has 94 heavy (non-hydrogen) atoms. The summed E-state index contributed by atoms with van der Waals surface area (Å²) in [5.74, 6) is 0.511. The molecule has 4 aliphatic carbocycles. The number of amides is 5. The van der Waals surface area contributed by atoms with Crippen molar-refractivity contribution in [1.29, 1.82) is 0 Å². The van der Waals surface area contributed by atoms with Crippen LogP contribution in [-0.2, 0) is 43.9 Å². The van der Waals surface area contributed by atoms with Crippen LogP contribution in [0.3, 0.4) is 0 Å². The van der Waals surface area contributed by atoms with Gasteiger partial charge in [0.1, 0.15) is 23.6 Å². The highest BCUT2D eigenvalue weighted by molar-refractivity contribution is 7.90. The van der Waals surface area contributed by atoms with Crippen LogP contribution in [0.25, 0.3) is 31.8 Å². The normalized spacial score (nSPS) is 21.5. The summed E-state index contributed by atoms with van der Waals surface area (Å²) in [6.45, 7) is 13.2. The summed E-state index contributed by atoms with van der Waals surface area (Å²) in [4.78, 5) is 88.6. The minimum Gasteiger partial charge on any atom is -0.391 e. The van der Waals surface area contributed by atoms with Gasteiger partial charge in [0.2, 0.25) is 27.7 Å². The van der Waals surface area contributed by atoms with Gasteiger partial charge in [0.15, 0.2) is 5.13 Å². The van der Waals surface area contributed by atoms with E-state index in [9.17, 15) is 37.5 Å². The second kappa shape index (κ2) is 28.1.